The van der Waals surface area contributed by atoms with Crippen LogP contribution in [0.15, 0.2) is 9.98 Å². The summed E-state index contributed by atoms with van der Waals surface area (Å²) < 4.78 is 0.983. The van der Waals surface area contributed by atoms with Crippen molar-refractivity contribution < 1.29 is 5.11 Å². The molecule has 0 fully saturated rings. The number of nitrogens with two attached hydrogens (primary N) is 1. The average Bonchev–Trinajstić information content (AvgIpc) is 2.35. The maximum absolute atomic E-state index is 9.15. The summed E-state index contributed by atoms with van der Waals surface area (Å²) in [5.74, 6) is 0. The summed E-state index contributed by atoms with van der Waals surface area (Å²) in [7, 11) is 0. The summed E-state index contributed by atoms with van der Waals surface area (Å²) in [6.45, 7) is 0.289. The van der Waals surface area contributed by atoms with Crippen LogP contribution in [0, 0.1) is 0 Å². The van der Waals surface area contributed by atoms with E-state index in [4.69, 9.17) is 10.8 Å². The first-order valence-electron chi connectivity index (χ1n) is 3.20. The Balaban J connectivity index is 2.50. The lowest BCUT2D eigenvalue weighted by Crippen LogP contribution is -2.21. The third-order valence-corrected chi connectivity index (χ3v) is 2.71. The van der Waals surface area contributed by atoms with Crippen molar-refractivity contribution in [1.82, 2.24) is 4.98 Å². The van der Waals surface area contributed by atoms with E-state index >= 15 is 0 Å². The number of rotatable bonds is 3. The van der Waals surface area contributed by atoms with Crippen molar-refractivity contribution in [2.75, 3.05) is 6.54 Å². The second-order valence-electron chi connectivity index (χ2n) is 2.15. The van der Waals surface area contributed by atoms with Crippen LogP contribution in [0.5, 0.6) is 0 Å². The van der Waals surface area contributed by atoms with Crippen LogP contribution in [0.4, 0.5) is 0 Å². The standard InChI is InChI=1S/C6H9BrN2OS/c7-5-3-9-6(11-5)1-4(10)2-8/h3-4,10H,1-2,8H2. The molecule has 1 heterocycles. The third kappa shape index (κ3) is 2.86. The molecule has 0 saturated carbocycles. The largest absolute Gasteiger partial charge is 0.391 e. The molecule has 0 aliphatic carbocycles. The topological polar surface area (TPSA) is 59.1 Å². The lowest BCUT2D eigenvalue weighted by atomic mass is 10.3. The van der Waals surface area contributed by atoms with E-state index in [1.54, 1.807) is 6.20 Å². The molecule has 1 atom stereocenters. The average molecular weight is 237 g/mol. The number of aliphatic hydroxyl groups excluding tert-OH is 1. The summed E-state index contributed by atoms with van der Waals surface area (Å²) >= 11 is 4.81. The van der Waals surface area contributed by atoms with Gasteiger partial charge in [0.25, 0.3) is 0 Å². The number of hydrogen-bond acceptors (Lipinski definition) is 4. The summed E-state index contributed by atoms with van der Waals surface area (Å²) in [6, 6.07) is 0. The molecule has 1 aromatic rings. The minimum absolute atomic E-state index is 0.289. The minimum atomic E-state index is -0.465. The predicted molar refractivity (Wildman–Crippen MR) is 48.6 cm³/mol. The molecular weight excluding hydrogens is 228 g/mol. The fraction of sp³-hybridized carbons (Fsp3) is 0.500. The minimum Gasteiger partial charge on any atom is -0.391 e. The molecule has 1 unspecified atom stereocenters. The number of thiazole rings is 1. The van der Waals surface area contributed by atoms with Crippen LogP contribution in [0.2, 0.25) is 0 Å². The highest BCUT2D eigenvalue weighted by Gasteiger charge is 2.05. The summed E-state index contributed by atoms with van der Waals surface area (Å²) in [6.07, 6.45) is 1.81. The maximum Gasteiger partial charge on any atom is 0.0963 e. The Kier molecular flexibility index (Phi) is 3.45. The van der Waals surface area contributed by atoms with Gasteiger partial charge in [0.05, 0.1) is 21.1 Å². The SMILES string of the molecule is NCC(O)Cc1ncc(Br)s1. The van der Waals surface area contributed by atoms with Gasteiger partial charge in [-0.1, -0.05) is 0 Å². The fourth-order valence-electron chi connectivity index (χ4n) is 0.667. The van der Waals surface area contributed by atoms with Crippen LogP contribution in [0.25, 0.3) is 0 Å². The first kappa shape index (κ1) is 9.12. The van der Waals surface area contributed by atoms with Crippen molar-refractivity contribution in [2.45, 2.75) is 12.5 Å². The van der Waals surface area contributed by atoms with Gasteiger partial charge >= 0.3 is 0 Å². The lowest BCUT2D eigenvalue weighted by molar-refractivity contribution is 0.183. The van der Waals surface area contributed by atoms with E-state index in [-0.39, 0.29) is 6.54 Å². The van der Waals surface area contributed by atoms with E-state index in [0.717, 1.165) is 8.79 Å². The molecule has 0 spiro atoms. The summed E-state index contributed by atoms with van der Waals surface area (Å²) in [5.41, 5.74) is 5.24. The number of hydrogen-bond donors (Lipinski definition) is 2. The van der Waals surface area contributed by atoms with Crippen LogP contribution in [-0.2, 0) is 6.42 Å². The van der Waals surface area contributed by atoms with Crippen LogP contribution in [0.3, 0.4) is 0 Å². The smallest absolute Gasteiger partial charge is 0.0963 e. The van der Waals surface area contributed by atoms with E-state index in [1.165, 1.54) is 11.3 Å². The molecule has 3 nitrogen and oxygen atoms in total. The van der Waals surface area contributed by atoms with E-state index < -0.39 is 6.10 Å². The highest BCUT2D eigenvalue weighted by molar-refractivity contribution is 9.11. The summed E-state index contributed by atoms with van der Waals surface area (Å²) in [5, 5.41) is 10.1. The highest BCUT2D eigenvalue weighted by atomic mass is 79.9. The number of nitrogens with zero attached hydrogens (tertiary/aromatic N) is 1. The fourth-order valence-corrected chi connectivity index (χ4v) is 2.04. The molecule has 1 rings (SSSR count). The lowest BCUT2D eigenvalue weighted by Gasteiger charge is -2.02. The Morgan fingerprint density at radius 1 is 1.82 bits per heavy atom. The van der Waals surface area contributed by atoms with Gasteiger partial charge in [-0.05, 0) is 15.9 Å². The molecule has 0 radical (unpaired) electrons. The molecule has 0 saturated heterocycles. The first-order chi connectivity index (χ1) is 5.22. The van der Waals surface area contributed by atoms with Crippen molar-refractivity contribution in [1.29, 1.82) is 0 Å². The quantitative estimate of drug-likeness (QED) is 0.816. The van der Waals surface area contributed by atoms with Crippen molar-refractivity contribution >= 4 is 27.3 Å². The predicted octanol–water partition coefficient (Wildman–Crippen LogP) is 0.768. The van der Waals surface area contributed by atoms with E-state index in [1.807, 2.05) is 0 Å². The second-order valence-corrected chi connectivity index (χ2v) is 4.65. The Morgan fingerprint density at radius 3 is 3.00 bits per heavy atom. The van der Waals surface area contributed by atoms with Gasteiger partial charge < -0.3 is 10.8 Å². The molecule has 3 N–H and O–H groups in total. The Morgan fingerprint density at radius 2 is 2.55 bits per heavy atom. The molecule has 5 heteroatoms. The van der Waals surface area contributed by atoms with E-state index in [9.17, 15) is 0 Å². The van der Waals surface area contributed by atoms with Crippen LogP contribution in [-0.4, -0.2) is 22.7 Å². The Labute approximate surface area is 77.4 Å². The third-order valence-electron chi connectivity index (χ3n) is 1.21. The van der Waals surface area contributed by atoms with Crippen molar-refractivity contribution in [3.63, 3.8) is 0 Å². The van der Waals surface area contributed by atoms with Gasteiger partial charge in [0.2, 0.25) is 0 Å². The Bertz CT molecular complexity index is 228. The summed E-state index contributed by atoms with van der Waals surface area (Å²) in [4.78, 5) is 4.06. The molecule has 0 bridgehead atoms. The van der Waals surface area contributed by atoms with Gasteiger partial charge in [-0.25, -0.2) is 4.98 Å². The first-order valence-corrected chi connectivity index (χ1v) is 4.81. The number of aromatic nitrogens is 1. The molecular formula is C6H9BrN2OS. The van der Waals surface area contributed by atoms with Gasteiger partial charge in [-0.3, -0.25) is 0 Å². The second kappa shape index (κ2) is 4.15. The normalized spacial score (nSPS) is 13.4. The van der Waals surface area contributed by atoms with E-state index in [0.29, 0.717) is 6.42 Å². The molecule has 0 aliphatic heterocycles. The number of aliphatic hydroxyl groups is 1. The van der Waals surface area contributed by atoms with Gasteiger partial charge in [-0.15, -0.1) is 11.3 Å². The molecule has 62 valence electrons. The van der Waals surface area contributed by atoms with Crippen LogP contribution >= 0.6 is 27.3 Å². The molecule has 0 amide bonds. The van der Waals surface area contributed by atoms with Crippen molar-refractivity contribution in [3.05, 3.63) is 15.0 Å². The van der Waals surface area contributed by atoms with Crippen molar-refractivity contribution in [3.8, 4) is 0 Å². The van der Waals surface area contributed by atoms with Crippen molar-refractivity contribution in [2.24, 2.45) is 5.73 Å². The molecule has 0 aromatic carbocycles. The number of halogens is 1. The molecule has 1 aromatic heterocycles. The zero-order chi connectivity index (χ0) is 8.27. The molecule has 0 aliphatic rings. The van der Waals surface area contributed by atoms with Gasteiger partial charge in [0.1, 0.15) is 0 Å². The van der Waals surface area contributed by atoms with Crippen LogP contribution < -0.4 is 5.73 Å². The monoisotopic (exact) mass is 236 g/mol. The van der Waals surface area contributed by atoms with Crippen LogP contribution in [0.1, 0.15) is 5.01 Å². The zero-order valence-electron chi connectivity index (χ0n) is 5.83. The molecule has 11 heavy (non-hydrogen) atoms. The zero-order valence-corrected chi connectivity index (χ0v) is 8.23. The van der Waals surface area contributed by atoms with Gasteiger partial charge in [0, 0.05) is 13.0 Å². The van der Waals surface area contributed by atoms with E-state index in [2.05, 4.69) is 20.9 Å². The van der Waals surface area contributed by atoms with Gasteiger partial charge in [-0.2, -0.15) is 0 Å². The van der Waals surface area contributed by atoms with Gasteiger partial charge in [0.15, 0.2) is 0 Å². The maximum atomic E-state index is 9.15. The Hall–Kier alpha value is 0.0300. The highest BCUT2D eigenvalue weighted by Crippen LogP contribution is 2.19.